The SMILES string of the molecule is CCN1CCc2c(NC3=CC=N[C@@](NC(CN)C4CC4)(C(N)=O)N3)cccc21. The fourth-order valence-electron chi connectivity index (χ4n) is 4.06. The van der Waals surface area contributed by atoms with E-state index < -0.39 is 11.7 Å². The molecular weight excluding hydrogens is 354 g/mol. The molecule has 1 aromatic carbocycles. The van der Waals surface area contributed by atoms with Crippen molar-refractivity contribution in [3.8, 4) is 0 Å². The maximum atomic E-state index is 12.3. The summed E-state index contributed by atoms with van der Waals surface area (Å²) in [4.78, 5) is 19.0. The molecule has 2 heterocycles. The molecule has 1 unspecified atom stereocenters. The molecule has 1 fully saturated rings. The van der Waals surface area contributed by atoms with Gasteiger partial charge in [-0.2, -0.15) is 0 Å². The Morgan fingerprint density at radius 1 is 1.46 bits per heavy atom. The minimum absolute atomic E-state index is 0.00409. The summed E-state index contributed by atoms with van der Waals surface area (Å²) in [6, 6.07) is 6.25. The molecule has 1 aromatic rings. The highest BCUT2D eigenvalue weighted by atomic mass is 16.2. The Labute approximate surface area is 165 Å². The van der Waals surface area contributed by atoms with Crippen molar-refractivity contribution in [3.05, 3.63) is 35.7 Å². The summed E-state index contributed by atoms with van der Waals surface area (Å²) >= 11 is 0. The molecule has 4 rings (SSSR count). The number of aliphatic imine (C=N–C) groups is 1. The van der Waals surface area contributed by atoms with E-state index in [1.165, 1.54) is 11.3 Å². The highest BCUT2D eigenvalue weighted by Crippen LogP contribution is 2.35. The molecule has 0 bridgehead atoms. The van der Waals surface area contributed by atoms with Crippen LogP contribution in [0.25, 0.3) is 0 Å². The number of amides is 1. The molecule has 1 aliphatic carbocycles. The molecule has 1 saturated carbocycles. The molecule has 0 spiro atoms. The van der Waals surface area contributed by atoms with Gasteiger partial charge in [0.15, 0.2) is 0 Å². The molecule has 2 atom stereocenters. The Morgan fingerprint density at radius 3 is 2.96 bits per heavy atom. The van der Waals surface area contributed by atoms with E-state index >= 15 is 0 Å². The second-order valence-electron chi connectivity index (χ2n) is 7.64. The van der Waals surface area contributed by atoms with Crippen LogP contribution in [0, 0.1) is 5.92 Å². The van der Waals surface area contributed by atoms with Crippen LogP contribution in [-0.4, -0.2) is 43.6 Å². The zero-order valence-corrected chi connectivity index (χ0v) is 16.2. The second-order valence-corrected chi connectivity index (χ2v) is 7.64. The molecule has 3 aliphatic rings. The van der Waals surface area contributed by atoms with Crippen molar-refractivity contribution in [2.24, 2.45) is 22.4 Å². The van der Waals surface area contributed by atoms with Crippen molar-refractivity contribution in [2.75, 3.05) is 29.9 Å². The van der Waals surface area contributed by atoms with E-state index in [1.807, 2.05) is 12.1 Å². The molecule has 0 saturated heterocycles. The van der Waals surface area contributed by atoms with Gasteiger partial charge in [-0.1, -0.05) is 6.07 Å². The number of anilines is 2. The maximum absolute atomic E-state index is 12.3. The van der Waals surface area contributed by atoms with Crippen LogP contribution in [0.2, 0.25) is 0 Å². The number of hydrogen-bond donors (Lipinski definition) is 5. The van der Waals surface area contributed by atoms with Crippen LogP contribution in [0.15, 0.2) is 35.1 Å². The van der Waals surface area contributed by atoms with E-state index in [4.69, 9.17) is 11.5 Å². The molecule has 0 radical (unpaired) electrons. The summed E-state index contributed by atoms with van der Waals surface area (Å²) in [5.41, 5.74) is 15.2. The van der Waals surface area contributed by atoms with E-state index in [0.29, 0.717) is 18.3 Å². The Balaban J connectivity index is 1.54. The normalized spacial score (nSPS) is 24.4. The summed E-state index contributed by atoms with van der Waals surface area (Å²) in [5, 5.41) is 9.87. The summed E-state index contributed by atoms with van der Waals surface area (Å²) in [7, 11) is 0. The Bertz CT molecular complexity index is 817. The van der Waals surface area contributed by atoms with Crippen molar-refractivity contribution in [2.45, 2.75) is 38.0 Å². The predicted octanol–water partition coefficient (Wildman–Crippen LogP) is 0.462. The third-order valence-electron chi connectivity index (χ3n) is 5.80. The van der Waals surface area contributed by atoms with Gasteiger partial charge in [-0.05, 0) is 50.3 Å². The lowest BCUT2D eigenvalue weighted by atomic mass is 10.1. The topological polar surface area (TPSA) is 121 Å². The predicted molar refractivity (Wildman–Crippen MR) is 112 cm³/mol. The number of nitrogens with zero attached hydrogens (tertiary/aromatic N) is 2. The number of hydrogen-bond acceptors (Lipinski definition) is 7. The minimum atomic E-state index is -1.39. The maximum Gasteiger partial charge on any atom is 0.282 e. The molecule has 150 valence electrons. The van der Waals surface area contributed by atoms with Crippen LogP contribution in [0.5, 0.6) is 0 Å². The van der Waals surface area contributed by atoms with Crippen molar-refractivity contribution in [1.29, 1.82) is 0 Å². The molecule has 0 aromatic heterocycles. The number of rotatable bonds is 8. The molecule has 7 N–H and O–H groups in total. The van der Waals surface area contributed by atoms with Crippen LogP contribution in [0.1, 0.15) is 25.3 Å². The quantitative estimate of drug-likeness (QED) is 0.445. The lowest BCUT2D eigenvalue weighted by Crippen LogP contribution is -2.68. The lowest BCUT2D eigenvalue weighted by molar-refractivity contribution is -0.125. The first-order chi connectivity index (χ1) is 13.6. The average molecular weight is 384 g/mol. The van der Waals surface area contributed by atoms with E-state index in [9.17, 15) is 4.79 Å². The third-order valence-corrected chi connectivity index (χ3v) is 5.80. The van der Waals surface area contributed by atoms with Gasteiger partial charge in [0.25, 0.3) is 11.7 Å². The number of carbonyl (C=O) groups is 1. The van der Waals surface area contributed by atoms with Crippen molar-refractivity contribution >= 4 is 23.5 Å². The van der Waals surface area contributed by atoms with Crippen LogP contribution in [-0.2, 0) is 11.2 Å². The van der Waals surface area contributed by atoms with Gasteiger partial charge >= 0.3 is 0 Å². The largest absolute Gasteiger partial charge is 0.371 e. The van der Waals surface area contributed by atoms with Crippen molar-refractivity contribution in [1.82, 2.24) is 10.6 Å². The number of benzene rings is 1. The molecule has 1 amide bonds. The van der Waals surface area contributed by atoms with E-state index in [-0.39, 0.29) is 6.04 Å². The van der Waals surface area contributed by atoms with Gasteiger partial charge in [-0.3, -0.25) is 10.1 Å². The van der Waals surface area contributed by atoms with Gasteiger partial charge in [0.1, 0.15) is 5.82 Å². The number of carbonyl (C=O) groups excluding carboxylic acids is 1. The number of nitrogens with two attached hydrogens (primary N) is 2. The third kappa shape index (κ3) is 3.45. The standard InChI is InChI=1S/C20H29N7O/c1-2-27-11-9-14-15(4-3-5-17(14)27)24-18-8-10-23-20(26-18,19(22)28)25-16(12-21)13-6-7-13/h3-5,8,10,13,16,24-26H,2,6-7,9,11-12,21H2,1H3,(H2,22,28)/t16?,20-/m1/s1. The van der Waals surface area contributed by atoms with E-state index in [1.54, 1.807) is 6.21 Å². The number of likely N-dealkylation sites (N-methyl/N-ethyl adjacent to an activating group) is 1. The van der Waals surface area contributed by atoms with Crippen molar-refractivity contribution in [3.63, 3.8) is 0 Å². The molecule has 8 nitrogen and oxygen atoms in total. The zero-order chi connectivity index (χ0) is 19.7. The second kappa shape index (κ2) is 7.44. The van der Waals surface area contributed by atoms with Crippen molar-refractivity contribution < 1.29 is 4.79 Å². The lowest BCUT2D eigenvalue weighted by Gasteiger charge is -2.36. The summed E-state index contributed by atoms with van der Waals surface area (Å²) in [5.74, 6) is -0.822. The van der Waals surface area contributed by atoms with E-state index in [2.05, 4.69) is 44.9 Å². The van der Waals surface area contributed by atoms with Gasteiger partial charge in [0, 0.05) is 48.8 Å². The van der Waals surface area contributed by atoms with Gasteiger partial charge in [0.05, 0.1) is 0 Å². The summed E-state index contributed by atoms with van der Waals surface area (Å²) in [6.45, 7) is 4.60. The van der Waals surface area contributed by atoms with Crippen LogP contribution in [0.3, 0.4) is 0 Å². The number of primary amides is 1. The van der Waals surface area contributed by atoms with Crippen LogP contribution >= 0.6 is 0 Å². The Kier molecular flexibility index (Phi) is 4.99. The van der Waals surface area contributed by atoms with Gasteiger partial charge in [0.2, 0.25) is 0 Å². The Morgan fingerprint density at radius 2 is 2.29 bits per heavy atom. The number of allylic oxidation sites excluding steroid dienone is 1. The molecule has 2 aliphatic heterocycles. The summed E-state index contributed by atoms with van der Waals surface area (Å²) < 4.78 is 0. The highest BCUT2D eigenvalue weighted by molar-refractivity contribution is 5.89. The first-order valence-corrected chi connectivity index (χ1v) is 10.0. The van der Waals surface area contributed by atoms with Gasteiger partial charge in [-0.15, -0.1) is 0 Å². The molecule has 8 heteroatoms. The first kappa shape index (κ1) is 18.8. The van der Waals surface area contributed by atoms with E-state index in [0.717, 1.165) is 38.0 Å². The monoisotopic (exact) mass is 383 g/mol. The van der Waals surface area contributed by atoms with Crippen LogP contribution in [0.4, 0.5) is 11.4 Å². The minimum Gasteiger partial charge on any atom is -0.371 e. The highest BCUT2D eigenvalue weighted by Gasteiger charge is 2.43. The van der Waals surface area contributed by atoms with Crippen LogP contribution < -0.4 is 32.3 Å². The number of fused-ring (bicyclic) bond motifs is 1. The molecule has 28 heavy (non-hydrogen) atoms. The van der Waals surface area contributed by atoms with Gasteiger partial charge < -0.3 is 27.0 Å². The average Bonchev–Trinajstić information content (AvgIpc) is 3.45. The smallest absolute Gasteiger partial charge is 0.282 e. The summed E-state index contributed by atoms with van der Waals surface area (Å²) in [6.07, 6.45) is 6.63. The van der Waals surface area contributed by atoms with Gasteiger partial charge in [-0.25, -0.2) is 4.99 Å². The molecular formula is C20H29N7O. The Hall–Kier alpha value is -2.58. The number of nitrogens with one attached hydrogen (secondary N) is 3. The fourth-order valence-corrected chi connectivity index (χ4v) is 4.06. The first-order valence-electron chi connectivity index (χ1n) is 10.0. The zero-order valence-electron chi connectivity index (χ0n) is 16.2. The fraction of sp³-hybridized carbons (Fsp3) is 0.500.